The second-order valence-electron chi connectivity index (χ2n) is 9.16. The normalized spacial score (nSPS) is 29.1. The second-order valence-corrected chi connectivity index (χ2v) is 11.3. The smallest absolute Gasteiger partial charge is 0.406 e. The van der Waals surface area contributed by atoms with Gasteiger partial charge in [-0.2, -0.15) is 4.98 Å². The average Bonchev–Trinajstić information content (AvgIpc) is 3.11. The summed E-state index contributed by atoms with van der Waals surface area (Å²) < 4.78 is 64.4. The van der Waals surface area contributed by atoms with Gasteiger partial charge in [0.15, 0.2) is 11.8 Å². The number of anilines is 1. The molecule has 7 atom stereocenters. The topological polar surface area (TPSA) is 184 Å². The first kappa shape index (κ1) is 31.3. The highest BCUT2D eigenvalue weighted by molar-refractivity contribution is 7.51. The third-order valence-electron chi connectivity index (χ3n) is 5.77. The number of halogens is 3. The average molecular weight is 599 g/mol. The van der Waals surface area contributed by atoms with Gasteiger partial charge in [0, 0.05) is 6.20 Å². The van der Waals surface area contributed by atoms with E-state index in [1.807, 2.05) is 0 Å². The minimum absolute atomic E-state index is 0.246. The van der Waals surface area contributed by atoms with Crippen molar-refractivity contribution in [2.75, 3.05) is 12.3 Å². The fourth-order valence-electron chi connectivity index (χ4n) is 3.76. The van der Waals surface area contributed by atoms with Crippen LogP contribution in [0.3, 0.4) is 0 Å². The summed E-state index contributed by atoms with van der Waals surface area (Å²) in [5.74, 6) is -1.17. The van der Waals surface area contributed by atoms with E-state index in [2.05, 4.69) is 10.1 Å². The Kier molecular flexibility index (Phi) is 10.0. The van der Waals surface area contributed by atoms with E-state index in [9.17, 15) is 33.1 Å². The molecule has 0 saturated carbocycles. The summed E-state index contributed by atoms with van der Waals surface area (Å²) in [5.41, 5.74) is 1.36. The Morgan fingerprint density at radius 1 is 1.38 bits per heavy atom. The van der Waals surface area contributed by atoms with Crippen LogP contribution < -0.4 is 16.5 Å². The number of aromatic nitrogens is 2. The SMILES string of the molecule is CC(C)OC(=O)[C@H](C)NP(=O)(OC[C@@]1(C(F)F)O[C@@H](n2cc(Cl)c(N)nc2=O)[C@H](O)[C@@H]1O)OC1C=CC=CC1. The molecule has 0 radical (unpaired) electrons. The van der Waals surface area contributed by atoms with Crippen molar-refractivity contribution in [3.05, 3.63) is 46.0 Å². The number of carbonyl (C=O) groups excluding carboxylic acids is 1. The fraction of sp³-hybridized carbons (Fsp3) is 0.591. The predicted octanol–water partition coefficient (Wildman–Crippen LogP) is 1.69. The molecule has 0 aromatic carbocycles. The maximum absolute atomic E-state index is 14.4. The molecule has 2 unspecified atom stereocenters. The molecule has 5 N–H and O–H groups in total. The molecule has 1 aliphatic heterocycles. The Morgan fingerprint density at radius 2 is 2.08 bits per heavy atom. The molecular formula is C22H30ClF2N4O9P. The van der Waals surface area contributed by atoms with Crippen molar-refractivity contribution in [1.82, 2.24) is 14.6 Å². The third kappa shape index (κ3) is 7.11. The van der Waals surface area contributed by atoms with Gasteiger partial charge in [-0.15, -0.1) is 0 Å². The number of ether oxygens (including phenoxy) is 2. The zero-order chi connectivity index (χ0) is 29.1. The molecule has 0 amide bonds. The van der Waals surface area contributed by atoms with Crippen molar-refractivity contribution in [2.24, 2.45) is 0 Å². The molecule has 1 aliphatic carbocycles. The van der Waals surface area contributed by atoms with Crippen LogP contribution in [0, 0.1) is 0 Å². The van der Waals surface area contributed by atoms with E-state index in [-0.39, 0.29) is 17.3 Å². The number of nitrogen functional groups attached to an aromatic ring is 1. The van der Waals surface area contributed by atoms with E-state index >= 15 is 0 Å². The van der Waals surface area contributed by atoms with Gasteiger partial charge in [-0.3, -0.25) is 18.4 Å². The summed E-state index contributed by atoms with van der Waals surface area (Å²) in [6, 6.07) is -1.27. The van der Waals surface area contributed by atoms with Crippen LogP contribution in [-0.4, -0.2) is 74.8 Å². The number of nitrogens with zero attached hydrogens (tertiary/aromatic N) is 2. The number of carbonyl (C=O) groups is 1. The summed E-state index contributed by atoms with van der Waals surface area (Å²) in [5, 5.41) is 23.3. The van der Waals surface area contributed by atoms with Gasteiger partial charge in [0.2, 0.25) is 0 Å². The van der Waals surface area contributed by atoms with E-state index in [0.717, 1.165) is 6.20 Å². The molecule has 218 valence electrons. The van der Waals surface area contributed by atoms with E-state index in [4.69, 9.17) is 35.9 Å². The molecule has 2 heterocycles. The fourth-order valence-corrected chi connectivity index (χ4v) is 5.56. The van der Waals surface area contributed by atoms with Gasteiger partial charge in [-0.1, -0.05) is 35.9 Å². The molecule has 13 nitrogen and oxygen atoms in total. The number of hydrogen-bond donors (Lipinski definition) is 4. The first-order chi connectivity index (χ1) is 18.2. The van der Waals surface area contributed by atoms with Crippen molar-refractivity contribution < 1.29 is 46.9 Å². The number of aliphatic hydroxyl groups is 2. The Balaban J connectivity index is 1.89. The first-order valence-corrected chi connectivity index (χ1v) is 13.7. The van der Waals surface area contributed by atoms with Crippen LogP contribution in [-0.2, 0) is 27.9 Å². The molecule has 17 heteroatoms. The van der Waals surface area contributed by atoms with Crippen LogP contribution in [0.2, 0.25) is 5.02 Å². The van der Waals surface area contributed by atoms with Crippen LogP contribution in [0.5, 0.6) is 0 Å². The Morgan fingerprint density at radius 3 is 2.67 bits per heavy atom. The number of allylic oxidation sites excluding steroid dienone is 2. The standard InChI is InChI=1S/C22H30ClF2N4O9P/c1-11(2)36-19(32)12(3)28-39(34,38-13-7-5-4-6-8-13)35-10-22(20(24)25)16(31)15(30)18(37-22)29-9-14(23)17(26)27-21(29)33/h4-7,9,11-13,15-16,18,20,30-31H,8,10H2,1-3H3,(H,28,34)(H2,26,27,33)/t12-,13?,15+,16-,18+,22+,39?/m0/s1. The van der Waals surface area contributed by atoms with E-state index in [0.29, 0.717) is 4.57 Å². The highest BCUT2D eigenvalue weighted by Gasteiger charge is 2.61. The molecule has 3 rings (SSSR count). The summed E-state index contributed by atoms with van der Waals surface area (Å²) in [6.07, 6.45) is -3.51. The number of nitrogens with two attached hydrogens (primary N) is 1. The van der Waals surface area contributed by atoms with Gasteiger partial charge in [0.1, 0.15) is 24.1 Å². The maximum Gasteiger partial charge on any atom is 0.406 e. The lowest BCUT2D eigenvalue weighted by Gasteiger charge is -2.33. The molecule has 1 saturated heterocycles. The van der Waals surface area contributed by atoms with Crippen LogP contribution >= 0.6 is 19.3 Å². The molecule has 0 spiro atoms. The maximum atomic E-state index is 14.4. The van der Waals surface area contributed by atoms with Gasteiger partial charge in [0.05, 0.1) is 23.8 Å². The highest BCUT2D eigenvalue weighted by Crippen LogP contribution is 2.50. The van der Waals surface area contributed by atoms with Crippen molar-refractivity contribution >= 4 is 31.1 Å². The van der Waals surface area contributed by atoms with Gasteiger partial charge < -0.3 is 25.4 Å². The Labute approximate surface area is 227 Å². The van der Waals surface area contributed by atoms with Gasteiger partial charge in [-0.25, -0.2) is 23.2 Å². The van der Waals surface area contributed by atoms with Crippen LogP contribution in [0.4, 0.5) is 14.6 Å². The minimum Gasteiger partial charge on any atom is -0.462 e. The molecule has 0 bridgehead atoms. The van der Waals surface area contributed by atoms with E-state index < -0.39 is 74.7 Å². The number of hydrogen-bond acceptors (Lipinski definition) is 11. The Bertz CT molecular complexity index is 1220. The van der Waals surface area contributed by atoms with E-state index in [1.54, 1.807) is 32.1 Å². The monoisotopic (exact) mass is 598 g/mol. The van der Waals surface area contributed by atoms with Crippen LogP contribution in [0.1, 0.15) is 33.4 Å². The van der Waals surface area contributed by atoms with Crippen molar-refractivity contribution in [2.45, 2.75) is 75.9 Å². The van der Waals surface area contributed by atoms with Gasteiger partial charge in [-0.05, 0) is 27.2 Å². The van der Waals surface area contributed by atoms with Crippen molar-refractivity contribution in [3.63, 3.8) is 0 Å². The van der Waals surface area contributed by atoms with E-state index in [1.165, 1.54) is 13.0 Å². The zero-order valence-electron chi connectivity index (χ0n) is 21.1. The Hall–Kier alpha value is -2.23. The quantitative estimate of drug-likeness (QED) is 0.214. The number of esters is 1. The summed E-state index contributed by atoms with van der Waals surface area (Å²) in [7, 11) is -4.60. The van der Waals surface area contributed by atoms with Gasteiger partial charge in [0.25, 0.3) is 6.43 Å². The molecule has 1 aromatic rings. The first-order valence-electron chi connectivity index (χ1n) is 11.8. The number of alkyl halides is 2. The summed E-state index contributed by atoms with van der Waals surface area (Å²) in [6.45, 7) is 3.19. The van der Waals surface area contributed by atoms with Gasteiger partial charge >= 0.3 is 19.4 Å². The molecular weight excluding hydrogens is 569 g/mol. The largest absolute Gasteiger partial charge is 0.462 e. The number of aliphatic hydroxyl groups excluding tert-OH is 2. The van der Waals surface area contributed by atoms with Crippen LogP contribution in [0.25, 0.3) is 0 Å². The molecule has 39 heavy (non-hydrogen) atoms. The predicted molar refractivity (Wildman–Crippen MR) is 134 cm³/mol. The van der Waals surface area contributed by atoms with Crippen LogP contribution in [0.15, 0.2) is 35.3 Å². The lowest BCUT2D eigenvalue weighted by atomic mass is 9.96. The summed E-state index contributed by atoms with van der Waals surface area (Å²) >= 11 is 5.87. The summed E-state index contributed by atoms with van der Waals surface area (Å²) in [4.78, 5) is 28.0. The molecule has 1 aromatic heterocycles. The second kappa shape index (κ2) is 12.5. The van der Waals surface area contributed by atoms with Crippen molar-refractivity contribution in [3.8, 4) is 0 Å². The lowest BCUT2D eigenvalue weighted by Crippen LogP contribution is -2.53. The molecule has 2 aliphatic rings. The number of rotatable bonds is 11. The molecule has 1 fully saturated rings. The van der Waals surface area contributed by atoms with Crippen molar-refractivity contribution in [1.29, 1.82) is 0 Å². The highest BCUT2D eigenvalue weighted by atomic mass is 35.5. The minimum atomic E-state index is -4.60. The zero-order valence-corrected chi connectivity index (χ0v) is 22.8. The third-order valence-corrected chi connectivity index (χ3v) is 7.78. The number of nitrogens with one attached hydrogen (secondary N) is 1. The lowest BCUT2D eigenvalue weighted by molar-refractivity contribution is -0.193.